The molecule has 5 heteroatoms. The molecule has 0 bridgehead atoms. The van der Waals surface area contributed by atoms with Crippen LogP contribution >= 0.6 is 15.9 Å². The van der Waals surface area contributed by atoms with Crippen LogP contribution in [0.3, 0.4) is 0 Å². The first-order valence-electron chi connectivity index (χ1n) is 6.91. The van der Waals surface area contributed by atoms with Crippen LogP contribution in [0, 0.1) is 5.92 Å². The molecule has 1 aromatic carbocycles. The van der Waals surface area contributed by atoms with Gasteiger partial charge in [-0.25, -0.2) is 0 Å². The van der Waals surface area contributed by atoms with Gasteiger partial charge >= 0.3 is 6.18 Å². The first-order chi connectivity index (χ1) is 9.27. The number of hydrogen-bond donors (Lipinski definition) is 1. The second-order valence-corrected chi connectivity index (χ2v) is 6.10. The monoisotopic (exact) mass is 351 g/mol. The smallest absolute Gasteiger partial charge is 0.382 e. The summed E-state index contributed by atoms with van der Waals surface area (Å²) in [7, 11) is 0. The fourth-order valence-corrected chi connectivity index (χ4v) is 2.44. The summed E-state index contributed by atoms with van der Waals surface area (Å²) in [5, 5.41) is 3.06. The van der Waals surface area contributed by atoms with E-state index in [9.17, 15) is 13.2 Å². The zero-order valence-corrected chi connectivity index (χ0v) is 13.6. The van der Waals surface area contributed by atoms with Crippen LogP contribution in [0.15, 0.2) is 22.7 Å². The van der Waals surface area contributed by atoms with E-state index in [1.807, 2.05) is 6.92 Å². The molecule has 1 N–H and O–H groups in total. The minimum Gasteiger partial charge on any atom is -0.382 e. The maximum atomic E-state index is 13.1. The van der Waals surface area contributed by atoms with Gasteiger partial charge in [0.05, 0.1) is 5.56 Å². The van der Waals surface area contributed by atoms with Crippen molar-refractivity contribution in [1.29, 1.82) is 0 Å². The van der Waals surface area contributed by atoms with Gasteiger partial charge < -0.3 is 5.32 Å². The summed E-state index contributed by atoms with van der Waals surface area (Å²) in [6.07, 6.45) is -1.64. The predicted octanol–water partition coefficient (Wildman–Crippen LogP) is 6.09. The molecule has 0 aliphatic heterocycles. The van der Waals surface area contributed by atoms with Gasteiger partial charge in [-0.1, -0.05) is 43.1 Å². The van der Waals surface area contributed by atoms with Crippen LogP contribution in [-0.2, 0) is 6.18 Å². The van der Waals surface area contributed by atoms with E-state index < -0.39 is 11.7 Å². The summed E-state index contributed by atoms with van der Waals surface area (Å²) < 4.78 is 39.6. The molecule has 2 unspecified atom stereocenters. The van der Waals surface area contributed by atoms with E-state index in [0.717, 1.165) is 25.3 Å². The van der Waals surface area contributed by atoms with Gasteiger partial charge in [0.2, 0.25) is 0 Å². The molecule has 0 saturated carbocycles. The highest BCUT2D eigenvalue weighted by Crippen LogP contribution is 2.37. The molecule has 0 aliphatic carbocycles. The van der Waals surface area contributed by atoms with Crippen molar-refractivity contribution in [2.75, 3.05) is 5.32 Å². The van der Waals surface area contributed by atoms with Gasteiger partial charge in [-0.3, -0.25) is 0 Å². The van der Waals surface area contributed by atoms with Gasteiger partial charge in [-0.2, -0.15) is 13.2 Å². The Morgan fingerprint density at radius 1 is 1.20 bits per heavy atom. The minimum absolute atomic E-state index is 0.0622. The average molecular weight is 352 g/mol. The zero-order valence-electron chi connectivity index (χ0n) is 12.0. The maximum Gasteiger partial charge on any atom is 0.418 e. The Kier molecular flexibility index (Phi) is 6.37. The lowest BCUT2D eigenvalue weighted by atomic mass is 9.97. The Bertz CT molecular complexity index is 432. The fraction of sp³-hybridized carbons (Fsp3) is 0.600. The van der Waals surface area contributed by atoms with Crippen molar-refractivity contribution >= 4 is 21.6 Å². The average Bonchev–Trinajstić information content (AvgIpc) is 2.38. The first-order valence-corrected chi connectivity index (χ1v) is 7.70. The van der Waals surface area contributed by atoms with Gasteiger partial charge in [-0.15, -0.1) is 0 Å². The highest BCUT2D eigenvalue weighted by atomic mass is 79.9. The number of hydrogen-bond acceptors (Lipinski definition) is 1. The second-order valence-electron chi connectivity index (χ2n) is 5.19. The summed E-state index contributed by atoms with van der Waals surface area (Å²) in [5.41, 5.74) is -0.453. The molecule has 0 aromatic heterocycles. The van der Waals surface area contributed by atoms with Crippen LogP contribution in [0.25, 0.3) is 0 Å². The third-order valence-corrected chi connectivity index (χ3v) is 4.02. The number of anilines is 1. The Hall–Kier alpha value is -0.710. The van der Waals surface area contributed by atoms with E-state index >= 15 is 0 Å². The second kappa shape index (κ2) is 7.34. The molecule has 2 atom stereocenters. The summed E-state index contributed by atoms with van der Waals surface area (Å²) in [6.45, 7) is 6.21. The molecule has 1 rings (SSSR count). The molecule has 1 nitrogen and oxygen atoms in total. The number of benzene rings is 1. The summed E-state index contributed by atoms with van der Waals surface area (Å²) in [5.74, 6) is 0.497. The number of rotatable bonds is 6. The van der Waals surface area contributed by atoms with Crippen molar-refractivity contribution in [3.05, 3.63) is 28.2 Å². The first kappa shape index (κ1) is 17.3. The molecule has 0 amide bonds. The largest absolute Gasteiger partial charge is 0.418 e. The molecule has 20 heavy (non-hydrogen) atoms. The molecule has 0 fully saturated rings. The fourth-order valence-electron chi connectivity index (χ4n) is 2.08. The van der Waals surface area contributed by atoms with Crippen LogP contribution in [0.4, 0.5) is 18.9 Å². The van der Waals surface area contributed by atoms with E-state index in [-0.39, 0.29) is 11.7 Å². The Balaban J connectivity index is 2.95. The molecular weight excluding hydrogens is 331 g/mol. The Morgan fingerprint density at radius 3 is 2.35 bits per heavy atom. The minimum atomic E-state index is -4.35. The predicted molar refractivity (Wildman–Crippen MR) is 80.9 cm³/mol. The van der Waals surface area contributed by atoms with Crippen molar-refractivity contribution in [3.63, 3.8) is 0 Å². The van der Waals surface area contributed by atoms with Crippen molar-refractivity contribution in [1.82, 2.24) is 0 Å². The van der Waals surface area contributed by atoms with Crippen molar-refractivity contribution in [2.24, 2.45) is 5.92 Å². The molecule has 0 spiro atoms. The summed E-state index contributed by atoms with van der Waals surface area (Å²) in [6, 6.07) is 4.31. The number of alkyl halides is 3. The zero-order chi connectivity index (χ0) is 15.3. The van der Waals surface area contributed by atoms with E-state index in [2.05, 4.69) is 35.1 Å². The van der Waals surface area contributed by atoms with Crippen molar-refractivity contribution in [2.45, 2.75) is 52.3 Å². The van der Waals surface area contributed by atoms with Crippen LogP contribution < -0.4 is 5.32 Å². The molecule has 0 radical (unpaired) electrons. The third kappa shape index (κ3) is 5.00. The SMILES string of the molecule is CCC(C)CC(CC)Nc1ccc(Br)cc1C(F)(F)F. The van der Waals surface area contributed by atoms with Crippen LogP contribution in [0.2, 0.25) is 0 Å². The lowest BCUT2D eigenvalue weighted by Crippen LogP contribution is -2.23. The normalized spacial score (nSPS) is 14.9. The quantitative estimate of drug-likeness (QED) is 0.653. The van der Waals surface area contributed by atoms with Gasteiger partial charge in [0.25, 0.3) is 0 Å². The van der Waals surface area contributed by atoms with Crippen molar-refractivity contribution < 1.29 is 13.2 Å². The lowest BCUT2D eigenvalue weighted by molar-refractivity contribution is -0.137. The topological polar surface area (TPSA) is 12.0 Å². The van der Waals surface area contributed by atoms with E-state index in [1.165, 1.54) is 6.07 Å². The lowest BCUT2D eigenvalue weighted by Gasteiger charge is -2.24. The highest BCUT2D eigenvalue weighted by Gasteiger charge is 2.34. The molecule has 0 saturated heterocycles. The number of halogens is 4. The van der Waals surface area contributed by atoms with Gasteiger partial charge in [0.1, 0.15) is 0 Å². The maximum absolute atomic E-state index is 13.1. The van der Waals surface area contributed by atoms with E-state index in [1.54, 1.807) is 6.07 Å². The summed E-state index contributed by atoms with van der Waals surface area (Å²) in [4.78, 5) is 0. The Morgan fingerprint density at radius 2 is 1.85 bits per heavy atom. The molecule has 114 valence electrons. The van der Waals surface area contributed by atoms with Crippen molar-refractivity contribution in [3.8, 4) is 0 Å². The van der Waals surface area contributed by atoms with E-state index in [0.29, 0.717) is 10.4 Å². The van der Waals surface area contributed by atoms with Crippen LogP contribution in [-0.4, -0.2) is 6.04 Å². The van der Waals surface area contributed by atoms with Crippen LogP contribution in [0.1, 0.15) is 45.6 Å². The van der Waals surface area contributed by atoms with Gasteiger partial charge in [-0.05, 0) is 37.0 Å². The van der Waals surface area contributed by atoms with Gasteiger partial charge in [0.15, 0.2) is 0 Å². The Labute approximate surface area is 127 Å². The molecule has 0 aliphatic rings. The molecular formula is C15H21BrF3N. The molecule has 1 aromatic rings. The van der Waals surface area contributed by atoms with E-state index in [4.69, 9.17) is 0 Å². The highest BCUT2D eigenvalue weighted by molar-refractivity contribution is 9.10. The number of nitrogens with one attached hydrogen (secondary N) is 1. The summed E-state index contributed by atoms with van der Waals surface area (Å²) >= 11 is 3.10. The van der Waals surface area contributed by atoms with Crippen LogP contribution in [0.5, 0.6) is 0 Å². The van der Waals surface area contributed by atoms with Gasteiger partial charge in [0, 0.05) is 16.2 Å². The molecule has 0 heterocycles. The third-order valence-electron chi connectivity index (χ3n) is 3.52. The standard InChI is InChI=1S/C15H21BrF3N/c1-4-10(3)8-12(5-2)20-14-7-6-11(16)9-13(14)15(17,18)19/h6-7,9-10,12,20H,4-5,8H2,1-3H3.